The highest BCUT2D eigenvalue weighted by Gasteiger charge is 2.18. The molecule has 1 aromatic carbocycles. The maximum atomic E-state index is 14.3. The van der Waals surface area contributed by atoms with Crippen molar-refractivity contribution in [2.45, 2.75) is 26.3 Å². The topological polar surface area (TPSA) is 28.2 Å². The number of hydrogen-bond donors (Lipinski definition) is 1. The van der Waals surface area contributed by atoms with E-state index in [0.29, 0.717) is 16.7 Å². The van der Waals surface area contributed by atoms with E-state index in [9.17, 15) is 4.39 Å². The number of nitrogens with zero attached hydrogens (tertiary/aromatic N) is 2. The van der Waals surface area contributed by atoms with Gasteiger partial charge in [-0.05, 0) is 37.0 Å². The summed E-state index contributed by atoms with van der Waals surface area (Å²) in [5.74, 6) is 0.577. The Labute approximate surface area is 139 Å². The van der Waals surface area contributed by atoms with Crippen LogP contribution in [0.3, 0.4) is 0 Å². The first-order valence-electron chi connectivity index (χ1n) is 7.50. The van der Waals surface area contributed by atoms with Gasteiger partial charge in [-0.2, -0.15) is 0 Å². The van der Waals surface area contributed by atoms with Gasteiger partial charge in [-0.15, -0.1) is 11.3 Å². The van der Waals surface area contributed by atoms with Crippen molar-refractivity contribution >= 4 is 34.3 Å². The number of hydrogen-bond acceptors (Lipinski definition) is 4. The first-order chi connectivity index (χ1) is 10.6. The van der Waals surface area contributed by atoms with E-state index in [1.165, 1.54) is 11.3 Å². The summed E-state index contributed by atoms with van der Waals surface area (Å²) in [7, 11) is 0. The standard InChI is InChI=1S/C16H19ClFN3S/c1-11-4-6-21(7-5-11)15-3-2-12(8-14(15)18)19-9-13-10-20-16(17)22-13/h2-3,8,10-11,19H,4-7,9H2,1H3. The molecule has 1 saturated heterocycles. The van der Waals surface area contributed by atoms with Gasteiger partial charge in [0.1, 0.15) is 5.82 Å². The van der Waals surface area contributed by atoms with Crippen LogP contribution in [-0.4, -0.2) is 18.1 Å². The van der Waals surface area contributed by atoms with Crippen molar-refractivity contribution in [3.8, 4) is 0 Å². The lowest BCUT2D eigenvalue weighted by Crippen LogP contribution is -2.33. The van der Waals surface area contributed by atoms with Crippen LogP contribution in [0.5, 0.6) is 0 Å². The fourth-order valence-electron chi connectivity index (χ4n) is 2.68. The molecule has 2 aromatic rings. The summed E-state index contributed by atoms with van der Waals surface area (Å²) in [5.41, 5.74) is 1.48. The van der Waals surface area contributed by atoms with E-state index in [1.54, 1.807) is 12.3 Å². The van der Waals surface area contributed by atoms with Crippen LogP contribution in [-0.2, 0) is 6.54 Å². The minimum absolute atomic E-state index is 0.165. The molecule has 1 aliphatic heterocycles. The summed E-state index contributed by atoms with van der Waals surface area (Å²) >= 11 is 7.23. The summed E-state index contributed by atoms with van der Waals surface area (Å²) in [4.78, 5) is 7.16. The number of nitrogens with one attached hydrogen (secondary N) is 1. The number of rotatable bonds is 4. The zero-order chi connectivity index (χ0) is 15.5. The number of aromatic nitrogens is 1. The fraction of sp³-hybridized carbons (Fsp3) is 0.438. The number of halogens is 2. The van der Waals surface area contributed by atoms with Gasteiger partial charge in [-0.3, -0.25) is 0 Å². The number of thiazole rings is 1. The van der Waals surface area contributed by atoms with E-state index in [1.807, 2.05) is 12.1 Å². The SMILES string of the molecule is CC1CCN(c2ccc(NCc3cnc(Cl)s3)cc2F)CC1. The quantitative estimate of drug-likeness (QED) is 0.868. The summed E-state index contributed by atoms with van der Waals surface area (Å²) in [6.45, 7) is 4.73. The summed E-state index contributed by atoms with van der Waals surface area (Å²) in [6, 6.07) is 5.36. The van der Waals surface area contributed by atoms with E-state index < -0.39 is 0 Å². The van der Waals surface area contributed by atoms with Gasteiger partial charge in [0.15, 0.2) is 4.47 Å². The van der Waals surface area contributed by atoms with Crippen LogP contribution >= 0.6 is 22.9 Å². The summed E-state index contributed by atoms with van der Waals surface area (Å²) in [5, 5.41) is 3.21. The Kier molecular flexibility index (Phi) is 4.84. The summed E-state index contributed by atoms with van der Waals surface area (Å²) < 4.78 is 14.9. The molecular weight excluding hydrogens is 321 g/mol. The highest BCUT2D eigenvalue weighted by atomic mass is 35.5. The molecule has 2 heterocycles. The lowest BCUT2D eigenvalue weighted by Gasteiger charge is -2.32. The number of piperidine rings is 1. The fourth-order valence-corrected chi connectivity index (χ4v) is 3.59. The predicted molar refractivity (Wildman–Crippen MR) is 91.5 cm³/mol. The average molecular weight is 340 g/mol. The van der Waals surface area contributed by atoms with Crippen LogP contribution in [0.15, 0.2) is 24.4 Å². The molecule has 0 saturated carbocycles. The first-order valence-corrected chi connectivity index (χ1v) is 8.70. The molecule has 1 aromatic heterocycles. The molecule has 0 atom stereocenters. The third kappa shape index (κ3) is 3.70. The monoisotopic (exact) mass is 339 g/mol. The second kappa shape index (κ2) is 6.84. The van der Waals surface area contributed by atoms with Crippen molar-refractivity contribution in [1.29, 1.82) is 0 Å². The van der Waals surface area contributed by atoms with Crippen LogP contribution in [0.2, 0.25) is 4.47 Å². The van der Waals surface area contributed by atoms with Gasteiger partial charge in [0, 0.05) is 29.9 Å². The van der Waals surface area contributed by atoms with Crippen molar-refractivity contribution in [1.82, 2.24) is 4.98 Å². The van der Waals surface area contributed by atoms with Gasteiger partial charge in [-0.1, -0.05) is 18.5 Å². The van der Waals surface area contributed by atoms with Crippen molar-refractivity contribution in [2.24, 2.45) is 5.92 Å². The van der Waals surface area contributed by atoms with Crippen LogP contribution in [0.4, 0.5) is 15.8 Å². The molecule has 0 radical (unpaired) electrons. The number of benzene rings is 1. The van der Waals surface area contributed by atoms with Crippen LogP contribution in [0.25, 0.3) is 0 Å². The minimum Gasteiger partial charge on any atom is -0.380 e. The molecule has 0 aliphatic carbocycles. The predicted octanol–water partition coefficient (Wildman–Crippen LogP) is 4.78. The van der Waals surface area contributed by atoms with Gasteiger partial charge in [-0.25, -0.2) is 9.37 Å². The van der Waals surface area contributed by atoms with E-state index >= 15 is 0 Å². The second-order valence-corrected chi connectivity index (χ2v) is 7.47. The van der Waals surface area contributed by atoms with Crippen molar-refractivity contribution in [3.63, 3.8) is 0 Å². The van der Waals surface area contributed by atoms with Crippen LogP contribution in [0, 0.1) is 11.7 Å². The van der Waals surface area contributed by atoms with Gasteiger partial charge >= 0.3 is 0 Å². The lowest BCUT2D eigenvalue weighted by atomic mass is 9.99. The van der Waals surface area contributed by atoms with Gasteiger partial charge in [0.25, 0.3) is 0 Å². The Hall–Kier alpha value is -1.33. The maximum Gasteiger partial charge on any atom is 0.183 e. The molecule has 1 N–H and O–H groups in total. The van der Waals surface area contributed by atoms with Crippen molar-refractivity contribution < 1.29 is 4.39 Å². The zero-order valence-electron chi connectivity index (χ0n) is 12.5. The molecule has 6 heteroatoms. The minimum atomic E-state index is -0.165. The third-order valence-corrected chi connectivity index (χ3v) is 5.18. The highest BCUT2D eigenvalue weighted by Crippen LogP contribution is 2.28. The average Bonchev–Trinajstić information content (AvgIpc) is 2.92. The Balaban J connectivity index is 1.64. The van der Waals surface area contributed by atoms with Crippen LogP contribution in [0.1, 0.15) is 24.6 Å². The number of anilines is 2. The molecule has 0 amide bonds. The van der Waals surface area contributed by atoms with E-state index in [4.69, 9.17) is 11.6 Å². The zero-order valence-corrected chi connectivity index (χ0v) is 14.1. The molecule has 3 rings (SSSR count). The Bertz CT molecular complexity index is 638. The molecular formula is C16H19ClFN3S. The first kappa shape index (κ1) is 15.6. The molecule has 0 bridgehead atoms. The Morgan fingerprint density at radius 3 is 2.82 bits per heavy atom. The normalized spacial score (nSPS) is 16.0. The maximum absolute atomic E-state index is 14.3. The van der Waals surface area contributed by atoms with E-state index in [-0.39, 0.29) is 5.82 Å². The second-order valence-electron chi connectivity index (χ2n) is 5.77. The van der Waals surface area contributed by atoms with Crippen LogP contribution < -0.4 is 10.2 Å². The third-order valence-electron chi connectivity index (χ3n) is 4.06. The van der Waals surface area contributed by atoms with E-state index in [0.717, 1.165) is 42.4 Å². The van der Waals surface area contributed by atoms with Gasteiger partial charge < -0.3 is 10.2 Å². The highest BCUT2D eigenvalue weighted by molar-refractivity contribution is 7.15. The smallest absolute Gasteiger partial charge is 0.183 e. The molecule has 1 fully saturated rings. The van der Waals surface area contributed by atoms with Crippen molar-refractivity contribution in [2.75, 3.05) is 23.3 Å². The van der Waals surface area contributed by atoms with Gasteiger partial charge in [0.05, 0.1) is 12.2 Å². The largest absolute Gasteiger partial charge is 0.380 e. The summed E-state index contributed by atoms with van der Waals surface area (Å²) in [6.07, 6.45) is 4.00. The molecule has 118 valence electrons. The van der Waals surface area contributed by atoms with E-state index in [2.05, 4.69) is 22.1 Å². The Morgan fingerprint density at radius 2 is 2.18 bits per heavy atom. The molecule has 0 spiro atoms. The Morgan fingerprint density at radius 1 is 1.41 bits per heavy atom. The molecule has 3 nitrogen and oxygen atoms in total. The molecule has 1 aliphatic rings. The molecule has 0 unspecified atom stereocenters. The lowest BCUT2D eigenvalue weighted by molar-refractivity contribution is 0.434. The van der Waals surface area contributed by atoms with Gasteiger partial charge in [0.2, 0.25) is 0 Å². The van der Waals surface area contributed by atoms with Crippen molar-refractivity contribution in [3.05, 3.63) is 39.6 Å². The molecule has 22 heavy (non-hydrogen) atoms.